The lowest BCUT2D eigenvalue weighted by atomic mass is 10.2. The third-order valence-corrected chi connectivity index (χ3v) is 3.91. The molecular formula is C14H14ClN3O2S. The number of ether oxygens (including phenoxy) is 1. The van der Waals surface area contributed by atoms with E-state index in [0.717, 1.165) is 5.56 Å². The maximum Gasteiger partial charge on any atom is 0.350 e. The Hall–Kier alpha value is -1.92. The molecule has 7 heteroatoms. The number of rotatable bonds is 5. The summed E-state index contributed by atoms with van der Waals surface area (Å²) in [6.45, 7) is 3.86. The van der Waals surface area contributed by atoms with Crippen molar-refractivity contribution >= 4 is 40.3 Å². The fraction of sp³-hybridized carbons (Fsp3) is 0.214. The number of halogens is 1. The van der Waals surface area contributed by atoms with E-state index in [4.69, 9.17) is 16.3 Å². The molecule has 0 bridgehead atoms. The van der Waals surface area contributed by atoms with Gasteiger partial charge in [0.25, 0.3) is 0 Å². The van der Waals surface area contributed by atoms with Crippen LogP contribution in [0.25, 0.3) is 0 Å². The molecule has 0 saturated carbocycles. The van der Waals surface area contributed by atoms with Crippen LogP contribution in [0.1, 0.15) is 27.9 Å². The van der Waals surface area contributed by atoms with Gasteiger partial charge in [0.05, 0.1) is 18.5 Å². The molecule has 5 nitrogen and oxygen atoms in total. The highest BCUT2D eigenvalue weighted by atomic mass is 35.5. The summed E-state index contributed by atoms with van der Waals surface area (Å²) >= 11 is 7.22. The van der Waals surface area contributed by atoms with Gasteiger partial charge in [0.2, 0.25) is 5.13 Å². The summed E-state index contributed by atoms with van der Waals surface area (Å²) in [5.41, 5.74) is 4.21. The lowest BCUT2D eigenvalue weighted by Gasteiger charge is -1.97. The molecule has 0 atom stereocenters. The number of carbonyl (C=O) groups is 1. The lowest BCUT2D eigenvalue weighted by molar-refractivity contribution is 0.0531. The smallest absolute Gasteiger partial charge is 0.350 e. The highest BCUT2D eigenvalue weighted by Gasteiger charge is 2.15. The molecule has 0 radical (unpaired) electrons. The standard InChI is InChI=1S/C14H14ClN3O2S/c1-3-20-13(19)12-9(2)17-14(21-12)18-16-8-10-6-4-5-7-11(10)15/h4-8H,3H2,1-2H3,(H,17,18)/b16-8-. The van der Waals surface area contributed by atoms with E-state index in [1.165, 1.54) is 11.3 Å². The Kier molecular flexibility index (Phi) is 5.30. The zero-order valence-corrected chi connectivity index (χ0v) is 13.2. The van der Waals surface area contributed by atoms with Crippen molar-refractivity contribution in [1.29, 1.82) is 0 Å². The molecule has 1 aromatic carbocycles. The predicted molar refractivity (Wildman–Crippen MR) is 85.5 cm³/mol. The second kappa shape index (κ2) is 7.19. The van der Waals surface area contributed by atoms with Gasteiger partial charge in [-0.15, -0.1) is 0 Å². The van der Waals surface area contributed by atoms with Gasteiger partial charge in [0, 0.05) is 10.6 Å². The number of aromatic nitrogens is 1. The average Bonchev–Trinajstić information content (AvgIpc) is 2.82. The van der Waals surface area contributed by atoms with Crippen LogP contribution in [0.4, 0.5) is 5.13 Å². The lowest BCUT2D eigenvalue weighted by Crippen LogP contribution is -2.03. The maximum absolute atomic E-state index is 11.7. The number of carbonyl (C=O) groups excluding carboxylic acids is 1. The number of anilines is 1. The van der Waals surface area contributed by atoms with E-state index >= 15 is 0 Å². The molecule has 2 rings (SSSR count). The van der Waals surface area contributed by atoms with Crippen molar-refractivity contribution < 1.29 is 9.53 Å². The minimum absolute atomic E-state index is 0.337. The van der Waals surface area contributed by atoms with E-state index in [2.05, 4.69) is 15.5 Å². The number of benzene rings is 1. The van der Waals surface area contributed by atoms with Crippen molar-refractivity contribution in [3.05, 3.63) is 45.4 Å². The molecule has 110 valence electrons. The van der Waals surface area contributed by atoms with Gasteiger partial charge in [-0.05, 0) is 19.9 Å². The van der Waals surface area contributed by atoms with Crippen LogP contribution in [0, 0.1) is 6.92 Å². The number of esters is 1. The third kappa shape index (κ3) is 4.03. The van der Waals surface area contributed by atoms with Gasteiger partial charge in [-0.25, -0.2) is 9.78 Å². The number of nitrogens with zero attached hydrogens (tertiary/aromatic N) is 2. The van der Waals surface area contributed by atoms with Crippen LogP contribution in [0.5, 0.6) is 0 Å². The Morgan fingerprint density at radius 1 is 1.52 bits per heavy atom. The summed E-state index contributed by atoms with van der Waals surface area (Å²) in [5, 5.41) is 5.21. The Morgan fingerprint density at radius 2 is 2.29 bits per heavy atom. The van der Waals surface area contributed by atoms with Crippen LogP contribution < -0.4 is 5.43 Å². The Balaban J connectivity index is 2.06. The van der Waals surface area contributed by atoms with Crippen molar-refractivity contribution in [2.45, 2.75) is 13.8 Å². The van der Waals surface area contributed by atoms with Gasteiger partial charge in [-0.2, -0.15) is 5.10 Å². The molecule has 0 saturated heterocycles. The van der Waals surface area contributed by atoms with Gasteiger partial charge in [-0.3, -0.25) is 5.43 Å². The molecule has 1 aromatic heterocycles. The SMILES string of the molecule is CCOC(=O)c1sc(N/N=C\c2ccccc2Cl)nc1C. The summed E-state index contributed by atoms with van der Waals surface area (Å²) in [4.78, 5) is 16.4. The number of aryl methyl sites for hydroxylation is 1. The molecule has 1 N–H and O–H groups in total. The molecule has 0 amide bonds. The Bertz CT molecular complexity index is 670. The van der Waals surface area contributed by atoms with Crippen LogP contribution in [-0.2, 0) is 4.74 Å². The number of nitrogens with one attached hydrogen (secondary N) is 1. The molecule has 0 fully saturated rings. The molecule has 21 heavy (non-hydrogen) atoms. The van der Waals surface area contributed by atoms with Crippen molar-refractivity contribution in [1.82, 2.24) is 4.98 Å². The molecule has 2 aromatic rings. The van der Waals surface area contributed by atoms with Crippen molar-refractivity contribution in [3.63, 3.8) is 0 Å². The number of thiazole rings is 1. The zero-order chi connectivity index (χ0) is 15.2. The van der Waals surface area contributed by atoms with Crippen molar-refractivity contribution in [3.8, 4) is 0 Å². The van der Waals surface area contributed by atoms with Crippen molar-refractivity contribution in [2.24, 2.45) is 5.10 Å². The van der Waals surface area contributed by atoms with E-state index in [9.17, 15) is 4.79 Å². The monoisotopic (exact) mass is 323 g/mol. The molecule has 0 spiro atoms. The van der Waals surface area contributed by atoms with Crippen LogP contribution in [-0.4, -0.2) is 23.8 Å². The number of hydrazone groups is 1. The second-order valence-electron chi connectivity index (χ2n) is 4.05. The fourth-order valence-corrected chi connectivity index (χ4v) is 2.56. The maximum atomic E-state index is 11.7. The normalized spacial score (nSPS) is 10.8. The van der Waals surface area contributed by atoms with E-state index in [-0.39, 0.29) is 5.97 Å². The Morgan fingerprint density at radius 3 is 3.00 bits per heavy atom. The zero-order valence-electron chi connectivity index (χ0n) is 11.6. The molecule has 0 aliphatic rings. The highest BCUT2D eigenvalue weighted by molar-refractivity contribution is 7.17. The Labute approximate surface area is 131 Å². The first-order valence-electron chi connectivity index (χ1n) is 6.30. The van der Waals surface area contributed by atoms with E-state index in [0.29, 0.717) is 27.3 Å². The molecule has 0 aliphatic heterocycles. The first kappa shape index (κ1) is 15.5. The molecule has 1 heterocycles. The van der Waals surface area contributed by atoms with Gasteiger partial charge in [0.1, 0.15) is 4.88 Å². The fourth-order valence-electron chi connectivity index (χ4n) is 1.57. The van der Waals surface area contributed by atoms with Crippen LogP contribution in [0.2, 0.25) is 5.02 Å². The molecule has 0 unspecified atom stereocenters. The summed E-state index contributed by atoms with van der Waals surface area (Å²) in [7, 11) is 0. The summed E-state index contributed by atoms with van der Waals surface area (Å²) in [5.74, 6) is -0.365. The number of hydrogen-bond acceptors (Lipinski definition) is 6. The first-order chi connectivity index (χ1) is 10.1. The summed E-state index contributed by atoms with van der Waals surface area (Å²) < 4.78 is 4.96. The topological polar surface area (TPSA) is 63.6 Å². The molecular weight excluding hydrogens is 310 g/mol. The minimum atomic E-state index is -0.365. The molecule has 0 aliphatic carbocycles. The minimum Gasteiger partial charge on any atom is -0.462 e. The van der Waals surface area contributed by atoms with Gasteiger partial charge < -0.3 is 4.74 Å². The largest absolute Gasteiger partial charge is 0.462 e. The van der Waals surface area contributed by atoms with E-state index < -0.39 is 0 Å². The summed E-state index contributed by atoms with van der Waals surface area (Å²) in [6, 6.07) is 7.36. The second-order valence-corrected chi connectivity index (χ2v) is 5.45. The highest BCUT2D eigenvalue weighted by Crippen LogP contribution is 2.23. The summed E-state index contributed by atoms with van der Waals surface area (Å²) in [6.07, 6.45) is 1.60. The first-order valence-corrected chi connectivity index (χ1v) is 7.49. The van der Waals surface area contributed by atoms with E-state index in [1.54, 1.807) is 26.1 Å². The quantitative estimate of drug-likeness (QED) is 0.517. The van der Waals surface area contributed by atoms with Gasteiger partial charge in [0.15, 0.2) is 0 Å². The van der Waals surface area contributed by atoms with Crippen molar-refractivity contribution in [2.75, 3.05) is 12.0 Å². The van der Waals surface area contributed by atoms with Gasteiger partial charge in [-0.1, -0.05) is 41.1 Å². The van der Waals surface area contributed by atoms with E-state index in [1.807, 2.05) is 18.2 Å². The van der Waals surface area contributed by atoms with Crippen LogP contribution in [0.15, 0.2) is 29.4 Å². The van der Waals surface area contributed by atoms with Crippen LogP contribution >= 0.6 is 22.9 Å². The number of hydrogen-bond donors (Lipinski definition) is 1. The predicted octanol–water partition coefficient (Wildman–Crippen LogP) is 3.73. The average molecular weight is 324 g/mol. The van der Waals surface area contributed by atoms with Crippen LogP contribution in [0.3, 0.4) is 0 Å². The third-order valence-electron chi connectivity index (χ3n) is 2.53. The van der Waals surface area contributed by atoms with Gasteiger partial charge >= 0.3 is 5.97 Å².